The van der Waals surface area contributed by atoms with Gasteiger partial charge in [0, 0.05) is 20.3 Å². The molecule has 0 atom stereocenters. The SMILES string of the molecule is COCCC1(CNS(=O)(=O)c2cnc(N)nc2)CC1. The van der Waals surface area contributed by atoms with E-state index in [1.807, 2.05) is 0 Å². The van der Waals surface area contributed by atoms with E-state index >= 15 is 0 Å². The molecule has 0 aromatic carbocycles. The van der Waals surface area contributed by atoms with Crippen molar-refractivity contribution in [2.75, 3.05) is 26.0 Å². The minimum absolute atomic E-state index is 0.0317. The predicted molar refractivity (Wildman–Crippen MR) is 69.8 cm³/mol. The van der Waals surface area contributed by atoms with Crippen molar-refractivity contribution >= 4 is 16.0 Å². The lowest BCUT2D eigenvalue weighted by Gasteiger charge is -2.15. The second-order valence-electron chi connectivity index (χ2n) is 4.84. The number of methoxy groups -OCH3 is 1. The number of ether oxygens (including phenoxy) is 1. The van der Waals surface area contributed by atoms with E-state index in [1.54, 1.807) is 7.11 Å². The zero-order valence-corrected chi connectivity index (χ0v) is 11.6. The number of aromatic nitrogens is 2. The zero-order chi connectivity index (χ0) is 13.9. The van der Waals surface area contributed by atoms with Gasteiger partial charge in [-0.25, -0.2) is 23.1 Å². The van der Waals surface area contributed by atoms with Crippen molar-refractivity contribution in [3.8, 4) is 0 Å². The minimum Gasteiger partial charge on any atom is -0.385 e. The smallest absolute Gasteiger partial charge is 0.243 e. The maximum absolute atomic E-state index is 12.0. The highest BCUT2D eigenvalue weighted by Gasteiger charge is 2.42. The number of nitrogen functional groups attached to an aromatic ring is 1. The molecule has 1 aliphatic rings. The Morgan fingerprint density at radius 2 is 2.05 bits per heavy atom. The van der Waals surface area contributed by atoms with E-state index in [9.17, 15) is 8.42 Å². The van der Waals surface area contributed by atoms with Crippen molar-refractivity contribution in [2.45, 2.75) is 24.2 Å². The minimum atomic E-state index is -3.57. The number of nitrogens with zero attached hydrogens (tertiary/aromatic N) is 2. The summed E-state index contributed by atoms with van der Waals surface area (Å²) < 4.78 is 31.7. The monoisotopic (exact) mass is 286 g/mol. The molecule has 0 bridgehead atoms. The van der Waals surface area contributed by atoms with E-state index < -0.39 is 10.0 Å². The summed E-state index contributed by atoms with van der Waals surface area (Å²) in [6.07, 6.45) is 5.33. The molecule has 8 heteroatoms. The highest BCUT2D eigenvalue weighted by Crippen LogP contribution is 2.48. The molecule has 0 amide bonds. The Morgan fingerprint density at radius 1 is 1.42 bits per heavy atom. The van der Waals surface area contributed by atoms with E-state index in [1.165, 1.54) is 12.4 Å². The van der Waals surface area contributed by atoms with Gasteiger partial charge in [0.15, 0.2) is 0 Å². The standard InChI is InChI=1S/C11H18N4O3S/c1-18-5-4-11(2-3-11)8-15-19(16,17)9-6-13-10(12)14-7-9/h6-7,15H,2-5,8H2,1H3,(H2,12,13,14). The van der Waals surface area contributed by atoms with Gasteiger partial charge in [0.1, 0.15) is 4.90 Å². The molecule has 2 rings (SSSR count). The van der Waals surface area contributed by atoms with Crippen LogP contribution in [0.1, 0.15) is 19.3 Å². The second kappa shape index (κ2) is 5.40. The largest absolute Gasteiger partial charge is 0.385 e. The molecule has 1 fully saturated rings. The predicted octanol–water partition coefficient (Wildman–Crippen LogP) is 0.154. The van der Waals surface area contributed by atoms with Crippen LogP contribution in [0.15, 0.2) is 17.3 Å². The highest BCUT2D eigenvalue weighted by molar-refractivity contribution is 7.89. The molecular formula is C11H18N4O3S. The molecule has 1 aromatic rings. The van der Waals surface area contributed by atoms with Crippen LogP contribution in [0.3, 0.4) is 0 Å². The van der Waals surface area contributed by atoms with Gasteiger partial charge in [-0.2, -0.15) is 0 Å². The molecule has 1 aliphatic carbocycles. The van der Waals surface area contributed by atoms with Crippen molar-refractivity contribution in [2.24, 2.45) is 5.41 Å². The summed E-state index contributed by atoms with van der Waals surface area (Å²) in [7, 11) is -1.92. The maximum Gasteiger partial charge on any atom is 0.243 e. The van der Waals surface area contributed by atoms with Gasteiger partial charge in [-0.15, -0.1) is 0 Å². The summed E-state index contributed by atoms with van der Waals surface area (Å²) >= 11 is 0. The number of sulfonamides is 1. The van der Waals surface area contributed by atoms with Crippen molar-refractivity contribution in [1.29, 1.82) is 0 Å². The zero-order valence-electron chi connectivity index (χ0n) is 10.8. The van der Waals surface area contributed by atoms with Crippen LogP contribution >= 0.6 is 0 Å². The van der Waals surface area contributed by atoms with Crippen LogP contribution in [0.4, 0.5) is 5.95 Å². The molecule has 0 unspecified atom stereocenters. The molecule has 0 spiro atoms. The fraction of sp³-hybridized carbons (Fsp3) is 0.636. The number of hydrogen-bond donors (Lipinski definition) is 2. The number of anilines is 1. The van der Waals surface area contributed by atoms with Crippen molar-refractivity contribution < 1.29 is 13.2 Å². The number of nitrogens with one attached hydrogen (secondary N) is 1. The number of rotatable bonds is 7. The third-order valence-corrected chi connectivity index (χ3v) is 4.75. The first-order chi connectivity index (χ1) is 8.97. The van der Waals surface area contributed by atoms with Gasteiger partial charge in [0.25, 0.3) is 0 Å². The van der Waals surface area contributed by atoms with E-state index in [0.717, 1.165) is 19.3 Å². The third kappa shape index (κ3) is 3.62. The molecule has 19 heavy (non-hydrogen) atoms. The molecular weight excluding hydrogens is 268 g/mol. The highest BCUT2D eigenvalue weighted by atomic mass is 32.2. The molecule has 1 aromatic heterocycles. The van der Waals surface area contributed by atoms with Gasteiger partial charge in [-0.05, 0) is 24.7 Å². The van der Waals surface area contributed by atoms with Gasteiger partial charge in [0.2, 0.25) is 16.0 Å². The van der Waals surface area contributed by atoms with Crippen LogP contribution in [-0.2, 0) is 14.8 Å². The van der Waals surface area contributed by atoms with E-state index in [-0.39, 0.29) is 16.3 Å². The molecule has 106 valence electrons. The van der Waals surface area contributed by atoms with Crippen LogP contribution in [0.25, 0.3) is 0 Å². The lowest BCUT2D eigenvalue weighted by Crippen LogP contribution is -2.31. The van der Waals surface area contributed by atoms with Crippen LogP contribution in [0, 0.1) is 5.41 Å². The van der Waals surface area contributed by atoms with Gasteiger partial charge < -0.3 is 10.5 Å². The molecule has 1 heterocycles. The molecule has 0 radical (unpaired) electrons. The van der Waals surface area contributed by atoms with Gasteiger partial charge in [0.05, 0.1) is 12.4 Å². The molecule has 3 N–H and O–H groups in total. The molecule has 0 aliphatic heterocycles. The summed E-state index contributed by atoms with van der Waals surface area (Å²) in [5.41, 5.74) is 5.38. The first-order valence-electron chi connectivity index (χ1n) is 6.04. The maximum atomic E-state index is 12.0. The molecule has 1 saturated carbocycles. The Morgan fingerprint density at radius 3 is 2.58 bits per heavy atom. The fourth-order valence-electron chi connectivity index (χ4n) is 1.81. The van der Waals surface area contributed by atoms with Crippen molar-refractivity contribution in [3.05, 3.63) is 12.4 Å². The van der Waals surface area contributed by atoms with Crippen LogP contribution in [0.5, 0.6) is 0 Å². The Balaban J connectivity index is 1.96. The van der Waals surface area contributed by atoms with Crippen molar-refractivity contribution in [3.63, 3.8) is 0 Å². The molecule has 7 nitrogen and oxygen atoms in total. The Hall–Kier alpha value is -1.25. The van der Waals surface area contributed by atoms with Crippen molar-refractivity contribution in [1.82, 2.24) is 14.7 Å². The number of nitrogens with two attached hydrogens (primary N) is 1. The average molecular weight is 286 g/mol. The first kappa shape index (κ1) is 14.2. The number of hydrogen-bond acceptors (Lipinski definition) is 6. The van der Waals surface area contributed by atoms with Gasteiger partial charge in [-0.1, -0.05) is 0 Å². The topological polar surface area (TPSA) is 107 Å². The third-order valence-electron chi connectivity index (χ3n) is 3.39. The Labute approximate surface area is 112 Å². The summed E-state index contributed by atoms with van der Waals surface area (Å²) in [4.78, 5) is 7.40. The molecule has 0 saturated heterocycles. The van der Waals surface area contributed by atoms with E-state index in [2.05, 4.69) is 14.7 Å². The second-order valence-corrected chi connectivity index (χ2v) is 6.61. The summed E-state index contributed by atoms with van der Waals surface area (Å²) in [5, 5.41) is 0. The van der Waals surface area contributed by atoms with Gasteiger partial charge in [-0.3, -0.25) is 0 Å². The quantitative estimate of drug-likeness (QED) is 0.739. The van der Waals surface area contributed by atoms with Gasteiger partial charge >= 0.3 is 0 Å². The Bertz CT molecular complexity index is 525. The fourth-order valence-corrected chi connectivity index (χ4v) is 2.85. The normalized spacial score (nSPS) is 17.3. The Kier molecular flexibility index (Phi) is 4.02. The summed E-state index contributed by atoms with van der Waals surface area (Å²) in [6.45, 7) is 1.07. The first-order valence-corrected chi connectivity index (χ1v) is 7.52. The van der Waals surface area contributed by atoms with Crippen LogP contribution in [0.2, 0.25) is 0 Å². The summed E-state index contributed by atoms with van der Waals surface area (Å²) in [6, 6.07) is 0. The lowest BCUT2D eigenvalue weighted by molar-refractivity contribution is 0.173. The summed E-state index contributed by atoms with van der Waals surface area (Å²) in [5.74, 6) is 0.0534. The van der Waals surface area contributed by atoms with Crippen LogP contribution in [-0.4, -0.2) is 38.6 Å². The average Bonchev–Trinajstić information content (AvgIpc) is 3.16. The van der Waals surface area contributed by atoms with E-state index in [4.69, 9.17) is 10.5 Å². The van der Waals surface area contributed by atoms with Crippen LogP contribution < -0.4 is 10.5 Å². The van der Waals surface area contributed by atoms with E-state index in [0.29, 0.717) is 13.2 Å². The lowest BCUT2D eigenvalue weighted by atomic mass is 10.0.